The first-order valence-corrected chi connectivity index (χ1v) is 61.8. The zero-order valence-electron chi connectivity index (χ0n) is 110. The van der Waals surface area contributed by atoms with Crippen molar-refractivity contribution in [1.82, 2.24) is 0 Å². The molecule has 12 fully saturated rings. The molecule has 1 heteroatoms. The molecule has 0 aromatic rings. The van der Waals surface area contributed by atoms with Crippen molar-refractivity contribution in [2.45, 2.75) is 710 Å². The van der Waals surface area contributed by atoms with E-state index in [1.165, 1.54) is 263 Å². The Labute approximate surface area is 893 Å². The molecule has 3 unspecified atom stereocenters. The first-order chi connectivity index (χ1) is 62.2. The highest BCUT2D eigenvalue weighted by molar-refractivity contribution is 4.98. The van der Waals surface area contributed by atoms with Crippen molar-refractivity contribution in [3.8, 4) is 0 Å². The molecule has 0 aromatic carbocycles. The first-order valence-electron chi connectivity index (χ1n) is 61.8. The summed E-state index contributed by atoms with van der Waals surface area (Å²) in [6.07, 6.45) is 63.4. The Hall–Kier alpha value is -0.0700. The quantitative estimate of drug-likeness (QED) is 0.238. The van der Waals surface area contributed by atoms with Crippen LogP contribution in [0, 0.1) is 185 Å². The van der Waals surface area contributed by atoms with E-state index in [2.05, 4.69) is 395 Å². The minimum Gasteiger partial charge on any atom is -0.243 e. The van der Waals surface area contributed by atoms with Crippen LogP contribution in [0.25, 0.3) is 0 Å². The molecule has 12 aliphatic carbocycles. The third kappa shape index (κ3) is 65.4. The smallest absolute Gasteiger partial charge is 0.115 e. The van der Waals surface area contributed by atoms with E-state index in [9.17, 15) is 4.39 Å². The van der Waals surface area contributed by atoms with Crippen LogP contribution in [0.4, 0.5) is 4.39 Å². The SMILES string of the molecule is CC(C)(C)C(C)(C)C1CC1.CC(C)(C)C1(C)CCCC1.CC(C)(C)C1(F)CCCC1.CC(C)(C)C1CCC1.CC(C)(C)C1CCCC1.CC(C)(C)C1CCCC1(C)C.CC(C)(C)C1CCCCC1.CC(C)(C)CC1CC1.CC(C)(C)CC1CCC1.CC(C)(C)CC1CCCC1.CC(C)C(C)(C)C(C)(C)C.CC(C)CC(C)(C)C.CC1(C)CC(C(C)(C)C)C1.CC1CCCC1C(C)(C)C.CCCC(C)(C)C. The lowest BCUT2D eigenvalue weighted by Gasteiger charge is -2.49. The second kappa shape index (κ2) is 60.0. The predicted molar refractivity (Wildman–Crippen MR) is 646 cm³/mol. The lowest BCUT2D eigenvalue weighted by atomic mass is 9.56. The van der Waals surface area contributed by atoms with E-state index in [0.29, 0.717) is 103 Å². The lowest BCUT2D eigenvalue weighted by Crippen LogP contribution is -2.39. The van der Waals surface area contributed by atoms with Crippen LogP contribution in [-0.4, -0.2) is 5.67 Å². The molecule has 12 rings (SSSR count). The minimum atomic E-state index is -0.868. The van der Waals surface area contributed by atoms with Crippen molar-refractivity contribution in [2.24, 2.45) is 185 Å². The van der Waals surface area contributed by atoms with Crippen LogP contribution in [0.5, 0.6) is 0 Å². The van der Waals surface area contributed by atoms with Gasteiger partial charge in [-0.2, -0.15) is 0 Å². The molecule has 0 saturated heterocycles. The number of halogens is 1. The minimum absolute atomic E-state index is 0.149. The van der Waals surface area contributed by atoms with Crippen LogP contribution in [0.3, 0.4) is 0 Å². The zero-order valence-corrected chi connectivity index (χ0v) is 110. The van der Waals surface area contributed by atoms with E-state index in [-0.39, 0.29) is 5.41 Å². The molecule has 0 aliphatic heterocycles. The molecule has 0 heterocycles. The van der Waals surface area contributed by atoms with Crippen molar-refractivity contribution >= 4 is 0 Å². The predicted octanol–water partition coefficient (Wildman–Crippen LogP) is 50.2. The van der Waals surface area contributed by atoms with E-state index in [1.807, 2.05) is 20.8 Å². The fourth-order valence-corrected chi connectivity index (χ4v) is 25.0. The van der Waals surface area contributed by atoms with Gasteiger partial charge in [0.25, 0.3) is 0 Å². The lowest BCUT2D eigenvalue weighted by molar-refractivity contribution is 0.0147. The van der Waals surface area contributed by atoms with E-state index in [4.69, 9.17) is 0 Å². The Bertz CT molecular complexity index is 2930. The van der Waals surface area contributed by atoms with Crippen LogP contribution in [0.15, 0.2) is 0 Å². The van der Waals surface area contributed by atoms with Crippen LogP contribution < -0.4 is 0 Å². The molecule has 140 heavy (non-hydrogen) atoms. The Balaban J connectivity index is -0.00000144. The maximum Gasteiger partial charge on any atom is 0.115 e. The Morgan fingerprint density at radius 1 is 0.279 bits per heavy atom. The Morgan fingerprint density at radius 3 is 0.729 bits per heavy atom. The number of alkyl halides is 1. The maximum atomic E-state index is 13.8. The van der Waals surface area contributed by atoms with Gasteiger partial charge in [0.1, 0.15) is 5.67 Å². The average molecular weight is 1970 g/mol. The number of rotatable bonds is 7. The third-order valence-electron chi connectivity index (χ3n) is 38.1. The molecule has 0 amide bonds. The summed E-state index contributed by atoms with van der Waals surface area (Å²) >= 11 is 0. The maximum absolute atomic E-state index is 13.8. The largest absolute Gasteiger partial charge is 0.243 e. The van der Waals surface area contributed by atoms with Crippen molar-refractivity contribution < 1.29 is 4.39 Å². The van der Waals surface area contributed by atoms with E-state index in [0.717, 1.165) is 103 Å². The van der Waals surface area contributed by atoms with Gasteiger partial charge < -0.3 is 0 Å². The molecule has 0 nitrogen and oxygen atoms in total. The third-order valence-corrected chi connectivity index (χ3v) is 38.1. The van der Waals surface area contributed by atoms with Crippen molar-refractivity contribution in [3.63, 3.8) is 0 Å². The summed E-state index contributed by atoms with van der Waals surface area (Å²) in [4.78, 5) is 0. The zero-order chi connectivity index (χ0) is 111. The van der Waals surface area contributed by atoms with Gasteiger partial charge in [0.15, 0.2) is 0 Å². The standard InChI is InChI=1S/C11H22.6C10H20.C10H22.C9H17F.2C9H18.2C8H16.C8H18.C7H16/c1-10(2,3)9-7-6-8-11(9,4)5;1-9(2,3)8-6-10(4,5)7-8;1-9(2,3)10(4,5)8-6-7-8;1-9(2,3)10(4)7-5-6-8-10;1-8-6-5-7-9(8)10(2,3)4;1-10(2,3)8-9-6-4-5-7-9;1-10(2,3)9-7-5-4-6-8-9;1-8(2)10(6,7)9(3,4)5;1-8(2,3)9(10)6-4-5-7-9;1-9(2,3)7-8-5-4-6-8;1-9(2,3)8-6-4-5-7-8;1-8(2,3)6-7-4-5-7;1-8(2,3)7-5-4-6-7;1-7(2)6-8(3,4)5;1-5-6-7(2,3)4/h9H,6-8H2,1-5H3;2*8H,6-7H2,1-5H3;5-8H2,1-4H3;8-9H,5-7H2,1-4H3;2*9H,4-8H2,1-3H3;8H,1-7H3;4-7H2,1-3H3;2*8H,4-7H2,1-3H3;2*7H,4-6H2,1-3H3;7H,6H2,1-5H3;5-6H2,1-4H3. The second-order valence-corrected chi connectivity index (χ2v) is 70.3. The topological polar surface area (TPSA) is 0 Å². The summed E-state index contributed by atoms with van der Waals surface area (Å²) in [5, 5.41) is 0. The summed E-state index contributed by atoms with van der Waals surface area (Å²) < 4.78 is 13.8. The van der Waals surface area contributed by atoms with Gasteiger partial charge in [-0.25, -0.2) is 4.39 Å². The van der Waals surface area contributed by atoms with E-state index >= 15 is 0 Å². The Kier molecular flexibility index (Phi) is 61.7. The molecule has 846 valence electrons. The number of hydrogen-bond donors (Lipinski definition) is 0. The monoisotopic (exact) mass is 1970 g/mol. The summed E-state index contributed by atoms with van der Waals surface area (Å²) in [5.74, 6) is 12.7. The van der Waals surface area contributed by atoms with Crippen LogP contribution in [-0.2, 0) is 0 Å². The highest BCUT2D eigenvalue weighted by Crippen LogP contribution is 2.57. The summed E-state index contributed by atoms with van der Waals surface area (Å²) in [6, 6.07) is 0. The average Bonchev–Trinajstić information content (AvgIpc) is 1.44. The van der Waals surface area contributed by atoms with Gasteiger partial charge in [-0.05, 0) is 326 Å². The van der Waals surface area contributed by atoms with Crippen molar-refractivity contribution in [1.29, 1.82) is 0 Å². The molecular weight excluding hydrogens is 1690 g/mol. The van der Waals surface area contributed by atoms with Crippen molar-refractivity contribution in [2.75, 3.05) is 0 Å². The molecule has 0 bridgehead atoms. The van der Waals surface area contributed by atoms with Crippen LogP contribution in [0.1, 0.15) is 704 Å². The molecule has 0 spiro atoms. The molecule has 0 radical (unpaired) electrons. The van der Waals surface area contributed by atoms with Gasteiger partial charge in [0.2, 0.25) is 0 Å². The molecule has 12 saturated carbocycles. The van der Waals surface area contributed by atoms with Gasteiger partial charge >= 0.3 is 0 Å². The van der Waals surface area contributed by atoms with Crippen LogP contribution >= 0.6 is 0 Å². The Morgan fingerprint density at radius 2 is 0.600 bits per heavy atom. The van der Waals surface area contributed by atoms with Crippen LogP contribution in [0.2, 0.25) is 0 Å². The highest BCUT2D eigenvalue weighted by atomic mass is 19.1. The molecule has 3 atom stereocenters. The fraction of sp³-hybridized carbons (Fsp3) is 1.00. The fourth-order valence-electron chi connectivity index (χ4n) is 25.0. The van der Waals surface area contributed by atoms with Gasteiger partial charge in [-0.15, -0.1) is 0 Å². The summed E-state index contributed by atoms with van der Waals surface area (Å²) in [6.45, 7) is 140. The second-order valence-electron chi connectivity index (χ2n) is 70.3. The van der Waals surface area contributed by atoms with E-state index in [1.54, 1.807) is 0 Å². The van der Waals surface area contributed by atoms with Crippen molar-refractivity contribution in [3.05, 3.63) is 0 Å². The van der Waals surface area contributed by atoms with E-state index < -0.39 is 5.67 Å². The van der Waals surface area contributed by atoms with Gasteiger partial charge in [-0.1, -0.05) is 563 Å². The van der Waals surface area contributed by atoms with Gasteiger partial charge in [0, 0.05) is 0 Å². The molecular formula is C139H283F. The van der Waals surface area contributed by atoms with Gasteiger partial charge in [-0.3, -0.25) is 0 Å². The first kappa shape index (κ1) is 144. The highest BCUT2D eigenvalue weighted by Gasteiger charge is 2.48. The summed E-state index contributed by atoms with van der Waals surface area (Å²) in [7, 11) is 0. The summed E-state index contributed by atoms with van der Waals surface area (Å²) in [5.41, 5.74) is 9.42. The normalized spacial score (nSPS) is 22.9. The molecule has 12 aliphatic rings. The van der Waals surface area contributed by atoms with Gasteiger partial charge in [0.05, 0.1) is 0 Å². The number of hydrogen-bond acceptors (Lipinski definition) is 0. The molecule has 0 N–H and O–H groups in total. The molecule has 0 aromatic heterocycles.